The van der Waals surface area contributed by atoms with E-state index in [1.807, 2.05) is 0 Å². The number of hydrogen-bond acceptors (Lipinski definition) is 3. The normalized spacial score (nSPS) is 14.3. The van der Waals surface area contributed by atoms with Gasteiger partial charge in [-0.25, -0.2) is 0 Å². The maximum Gasteiger partial charge on any atom is 0.110 e. The zero-order valence-electron chi connectivity index (χ0n) is 9.37. The van der Waals surface area contributed by atoms with Crippen molar-refractivity contribution < 1.29 is 0 Å². The number of nitriles is 1. The van der Waals surface area contributed by atoms with Crippen molar-refractivity contribution in [1.82, 2.24) is 0 Å². The molecule has 0 fully saturated rings. The quantitative estimate of drug-likeness (QED) is 0.797. The SMILES string of the molecule is Cc1ccc(SCC(C)(N)C#N)c(C)c1. The predicted molar refractivity (Wildman–Crippen MR) is 64.8 cm³/mol. The van der Waals surface area contributed by atoms with E-state index in [1.165, 1.54) is 16.0 Å². The summed E-state index contributed by atoms with van der Waals surface area (Å²) < 4.78 is 0. The Bertz CT molecular complexity index is 391. The van der Waals surface area contributed by atoms with Gasteiger partial charge in [-0.15, -0.1) is 11.8 Å². The van der Waals surface area contributed by atoms with Crippen LogP contribution in [0.5, 0.6) is 0 Å². The fourth-order valence-electron chi connectivity index (χ4n) is 1.22. The fourth-order valence-corrected chi connectivity index (χ4v) is 2.19. The first-order chi connectivity index (χ1) is 6.94. The summed E-state index contributed by atoms with van der Waals surface area (Å²) in [5.74, 6) is 0.618. The average Bonchev–Trinajstić information content (AvgIpc) is 2.16. The molecule has 0 heterocycles. The molecule has 1 unspecified atom stereocenters. The number of nitrogens with zero attached hydrogens (tertiary/aromatic N) is 1. The van der Waals surface area contributed by atoms with Crippen LogP contribution in [0.1, 0.15) is 18.1 Å². The van der Waals surface area contributed by atoms with Crippen molar-refractivity contribution in [2.45, 2.75) is 31.2 Å². The second kappa shape index (κ2) is 4.69. The van der Waals surface area contributed by atoms with E-state index in [4.69, 9.17) is 11.0 Å². The molecule has 0 aliphatic heterocycles. The largest absolute Gasteiger partial charge is 0.313 e. The van der Waals surface area contributed by atoms with Gasteiger partial charge in [-0.05, 0) is 32.4 Å². The maximum absolute atomic E-state index is 8.80. The monoisotopic (exact) mass is 220 g/mol. The number of thioether (sulfide) groups is 1. The molecule has 3 heteroatoms. The van der Waals surface area contributed by atoms with Crippen molar-refractivity contribution in [3.63, 3.8) is 0 Å². The molecule has 80 valence electrons. The van der Waals surface area contributed by atoms with E-state index in [1.54, 1.807) is 18.7 Å². The van der Waals surface area contributed by atoms with Crippen molar-refractivity contribution in [3.8, 4) is 6.07 Å². The van der Waals surface area contributed by atoms with Gasteiger partial charge in [-0.1, -0.05) is 17.7 Å². The highest BCUT2D eigenvalue weighted by atomic mass is 32.2. The van der Waals surface area contributed by atoms with E-state index in [0.29, 0.717) is 5.75 Å². The smallest absolute Gasteiger partial charge is 0.110 e. The molecule has 0 amide bonds. The molecule has 0 saturated carbocycles. The fraction of sp³-hybridized carbons (Fsp3) is 0.417. The van der Waals surface area contributed by atoms with Crippen molar-refractivity contribution in [3.05, 3.63) is 29.3 Å². The lowest BCUT2D eigenvalue weighted by Crippen LogP contribution is -2.36. The Hall–Kier alpha value is -0.980. The third-order valence-electron chi connectivity index (χ3n) is 2.11. The Morgan fingerprint density at radius 2 is 2.13 bits per heavy atom. The van der Waals surface area contributed by atoms with E-state index in [0.717, 1.165) is 0 Å². The van der Waals surface area contributed by atoms with E-state index < -0.39 is 5.54 Å². The molecule has 0 aromatic heterocycles. The van der Waals surface area contributed by atoms with Crippen LogP contribution in [0.3, 0.4) is 0 Å². The summed E-state index contributed by atoms with van der Waals surface area (Å²) in [6, 6.07) is 8.41. The third-order valence-corrected chi connectivity index (χ3v) is 3.63. The van der Waals surface area contributed by atoms with Crippen molar-refractivity contribution >= 4 is 11.8 Å². The molecule has 0 bridgehead atoms. The maximum atomic E-state index is 8.80. The summed E-state index contributed by atoms with van der Waals surface area (Å²) in [7, 11) is 0. The van der Waals surface area contributed by atoms with Crippen LogP contribution in [0.4, 0.5) is 0 Å². The molecule has 1 aromatic rings. The van der Waals surface area contributed by atoms with Crippen LogP contribution in [0, 0.1) is 25.2 Å². The molecule has 0 saturated heterocycles. The highest BCUT2D eigenvalue weighted by Gasteiger charge is 2.17. The van der Waals surface area contributed by atoms with Gasteiger partial charge in [0.1, 0.15) is 5.54 Å². The van der Waals surface area contributed by atoms with Gasteiger partial charge < -0.3 is 5.73 Å². The molecule has 1 aromatic carbocycles. The first-order valence-corrected chi connectivity index (χ1v) is 5.83. The molecular formula is C12H16N2S. The minimum atomic E-state index is -0.748. The van der Waals surface area contributed by atoms with Crippen LogP contribution >= 0.6 is 11.8 Å². The Morgan fingerprint density at radius 1 is 1.47 bits per heavy atom. The molecular weight excluding hydrogens is 204 g/mol. The Labute approximate surface area is 95.5 Å². The molecule has 0 aliphatic rings. The van der Waals surface area contributed by atoms with Crippen molar-refractivity contribution in [2.24, 2.45) is 5.73 Å². The highest BCUT2D eigenvalue weighted by Crippen LogP contribution is 2.25. The Morgan fingerprint density at radius 3 is 2.67 bits per heavy atom. The first-order valence-electron chi connectivity index (χ1n) is 4.85. The van der Waals surface area contributed by atoms with Crippen molar-refractivity contribution in [2.75, 3.05) is 5.75 Å². The van der Waals surface area contributed by atoms with E-state index >= 15 is 0 Å². The van der Waals surface area contributed by atoms with E-state index in [2.05, 4.69) is 38.1 Å². The standard InChI is InChI=1S/C12H16N2S/c1-9-4-5-11(10(2)6-9)15-8-12(3,14)7-13/h4-6H,8,14H2,1-3H3. The summed E-state index contributed by atoms with van der Waals surface area (Å²) >= 11 is 1.64. The summed E-state index contributed by atoms with van der Waals surface area (Å²) in [6.45, 7) is 5.91. The lowest BCUT2D eigenvalue weighted by molar-refractivity contribution is 0.682. The first kappa shape index (κ1) is 12.1. The summed E-state index contributed by atoms with van der Waals surface area (Å²) in [5.41, 5.74) is 7.52. The molecule has 2 nitrogen and oxygen atoms in total. The van der Waals surface area contributed by atoms with Gasteiger partial charge in [0.15, 0.2) is 0 Å². The lowest BCUT2D eigenvalue weighted by Gasteiger charge is -2.15. The van der Waals surface area contributed by atoms with Gasteiger partial charge in [0.05, 0.1) is 6.07 Å². The Balaban J connectivity index is 2.71. The van der Waals surface area contributed by atoms with Crippen LogP contribution in [0.15, 0.2) is 23.1 Å². The Kier molecular flexibility index (Phi) is 3.78. The highest BCUT2D eigenvalue weighted by molar-refractivity contribution is 7.99. The van der Waals surface area contributed by atoms with Gasteiger partial charge in [0.25, 0.3) is 0 Å². The third kappa shape index (κ3) is 3.58. The lowest BCUT2D eigenvalue weighted by atomic mass is 10.1. The molecule has 1 rings (SSSR count). The van der Waals surface area contributed by atoms with E-state index in [-0.39, 0.29) is 0 Å². The number of hydrogen-bond donors (Lipinski definition) is 1. The summed E-state index contributed by atoms with van der Waals surface area (Å²) in [5, 5.41) is 8.80. The van der Waals surface area contributed by atoms with E-state index in [9.17, 15) is 0 Å². The minimum absolute atomic E-state index is 0.618. The van der Waals surface area contributed by atoms with Crippen LogP contribution in [-0.2, 0) is 0 Å². The van der Waals surface area contributed by atoms with Gasteiger partial charge in [-0.3, -0.25) is 0 Å². The molecule has 15 heavy (non-hydrogen) atoms. The number of nitrogens with two attached hydrogens (primary N) is 1. The van der Waals surface area contributed by atoms with Crippen LogP contribution < -0.4 is 5.73 Å². The number of rotatable bonds is 3. The molecule has 0 radical (unpaired) electrons. The topological polar surface area (TPSA) is 49.8 Å². The zero-order chi connectivity index (χ0) is 11.5. The average molecular weight is 220 g/mol. The van der Waals surface area contributed by atoms with Crippen molar-refractivity contribution in [1.29, 1.82) is 5.26 Å². The molecule has 0 aliphatic carbocycles. The number of aryl methyl sites for hydroxylation is 2. The van der Waals surface area contributed by atoms with Crippen LogP contribution in [0.25, 0.3) is 0 Å². The predicted octanol–water partition coefficient (Wildman–Crippen LogP) is 2.64. The van der Waals surface area contributed by atoms with Gasteiger partial charge in [-0.2, -0.15) is 5.26 Å². The summed E-state index contributed by atoms with van der Waals surface area (Å²) in [6.07, 6.45) is 0. The second-order valence-corrected chi connectivity index (χ2v) is 5.10. The minimum Gasteiger partial charge on any atom is -0.313 e. The molecule has 2 N–H and O–H groups in total. The molecule has 1 atom stereocenters. The van der Waals surface area contributed by atoms with Crippen LogP contribution in [-0.4, -0.2) is 11.3 Å². The second-order valence-electron chi connectivity index (χ2n) is 4.09. The zero-order valence-corrected chi connectivity index (χ0v) is 10.2. The van der Waals surface area contributed by atoms with Gasteiger partial charge in [0.2, 0.25) is 0 Å². The van der Waals surface area contributed by atoms with Gasteiger partial charge in [0, 0.05) is 10.6 Å². The molecule has 0 spiro atoms. The number of benzene rings is 1. The summed E-state index contributed by atoms with van der Waals surface area (Å²) in [4.78, 5) is 1.20. The van der Waals surface area contributed by atoms with Crippen LogP contribution in [0.2, 0.25) is 0 Å². The van der Waals surface area contributed by atoms with Gasteiger partial charge >= 0.3 is 0 Å².